The highest BCUT2D eigenvalue weighted by atomic mass is 79.9. The van der Waals surface area contributed by atoms with Gasteiger partial charge in [-0.05, 0) is 47.0 Å². The molecule has 24 heavy (non-hydrogen) atoms. The average Bonchev–Trinajstić information content (AvgIpc) is 3.22. The third kappa shape index (κ3) is 2.96. The molecule has 1 aromatic carbocycles. The molecule has 1 saturated carbocycles. The molecule has 2 heterocycles. The van der Waals surface area contributed by atoms with Gasteiger partial charge in [-0.1, -0.05) is 18.2 Å². The number of aromatic nitrogens is 1. The van der Waals surface area contributed by atoms with Gasteiger partial charge in [0, 0.05) is 11.6 Å². The Balaban J connectivity index is 1.77. The molecule has 124 valence electrons. The first-order valence-corrected chi connectivity index (χ1v) is 9.48. The molecule has 1 aliphatic rings. The first-order valence-electron chi connectivity index (χ1n) is 7.87. The predicted octanol–water partition coefficient (Wildman–Crippen LogP) is 4.41. The minimum Gasteiger partial charge on any atom is -0.496 e. The Morgan fingerprint density at radius 3 is 2.92 bits per heavy atom. The minimum absolute atomic E-state index is 0.00641. The summed E-state index contributed by atoms with van der Waals surface area (Å²) in [6, 6.07) is 12.3. The van der Waals surface area contributed by atoms with Gasteiger partial charge in [0.05, 0.1) is 27.7 Å². The number of para-hydroxylation sites is 1. The SMILES string of the molecule is COc1ccccc1Cn1c(C(=O)NC2CC2)cc2sc(Br)cc21. The van der Waals surface area contributed by atoms with E-state index in [4.69, 9.17) is 4.74 Å². The number of nitrogens with one attached hydrogen (secondary N) is 1. The number of rotatable bonds is 5. The lowest BCUT2D eigenvalue weighted by Crippen LogP contribution is -2.27. The van der Waals surface area contributed by atoms with Crippen molar-refractivity contribution in [1.82, 2.24) is 9.88 Å². The van der Waals surface area contributed by atoms with Gasteiger partial charge in [-0.15, -0.1) is 11.3 Å². The Morgan fingerprint density at radius 1 is 1.38 bits per heavy atom. The molecule has 0 radical (unpaired) electrons. The number of nitrogens with zero attached hydrogens (tertiary/aromatic N) is 1. The maximum absolute atomic E-state index is 12.6. The first-order chi connectivity index (χ1) is 11.7. The van der Waals surface area contributed by atoms with E-state index in [2.05, 4.69) is 31.9 Å². The van der Waals surface area contributed by atoms with Crippen LogP contribution in [0, 0.1) is 0 Å². The monoisotopic (exact) mass is 404 g/mol. The van der Waals surface area contributed by atoms with Gasteiger partial charge in [0.25, 0.3) is 5.91 Å². The molecule has 0 unspecified atom stereocenters. The minimum atomic E-state index is 0.00641. The van der Waals surface area contributed by atoms with E-state index in [-0.39, 0.29) is 5.91 Å². The van der Waals surface area contributed by atoms with Gasteiger partial charge in [-0.2, -0.15) is 0 Å². The van der Waals surface area contributed by atoms with Gasteiger partial charge in [-0.3, -0.25) is 4.79 Å². The molecule has 1 amide bonds. The maximum Gasteiger partial charge on any atom is 0.268 e. The molecule has 4 nitrogen and oxygen atoms in total. The van der Waals surface area contributed by atoms with Gasteiger partial charge in [0.2, 0.25) is 0 Å². The fourth-order valence-electron chi connectivity index (χ4n) is 2.86. The van der Waals surface area contributed by atoms with Crippen LogP contribution < -0.4 is 10.1 Å². The summed E-state index contributed by atoms with van der Waals surface area (Å²) in [6.07, 6.45) is 2.16. The van der Waals surface area contributed by atoms with Gasteiger partial charge >= 0.3 is 0 Å². The van der Waals surface area contributed by atoms with Crippen LogP contribution in [0.1, 0.15) is 28.9 Å². The second kappa shape index (κ2) is 6.26. The summed E-state index contributed by atoms with van der Waals surface area (Å²) in [6.45, 7) is 0.601. The topological polar surface area (TPSA) is 43.3 Å². The van der Waals surface area contributed by atoms with Crippen molar-refractivity contribution in [2.75, 3.05) is 7.11 Å². The highest BCUT2D eigenvalue weighted by Gasteiger charge is 2.26. The highest BCUT2D eigenvalue weighted by Crippen LogP contribution is 2.34. The number of ether oxygens (including phenoxy) is 1. The number of thiophene rings is 1. The third-order valence-electron chi connectivity index (χ3n) is 4.23. The molecule has 0 spiro atoms. The van der Waals surface area contributed by atoms with Crippen molar-refractivity contribution >= 4 is 43.4 Å². The zero-order valence-electron chi connectivity index (χ0n) is 13.2. The van der Waals surface area contributed by atoms with Crippen LogP contribution in [0.5, 0.6) is 5.75 Å². The van der Waals surface area contributed by atoms with E-state index in [9.17, 15) is 4.79 Å². The van der Waals surface area contributed by atoms with Crippen molar-refractivity contribution < 1.29 is 9.53 Å². The number of hydrogen-bond donors (Lipinski definition) is 1. The summed E-state index contributed by atoms with van der Waals surface area (Å²) < 4.78 is 9.72. The summed E-state index contributed by atoms with van der Waals surface area (Å²) in [5.74, 6) is 0.842. The van der Waals surface area contributed by atoms with Crippen molar-refractivity contribution in [2.45, 2.75) is 25.4 Å². The van der Waals surface area contributed by atoms with Crippen LogP contribution in [0.25, 0.3) is 10.2 Å². The second-order valence-corrected chi connectivity index (χ2v) is 8.44. The van der Waals surface area contributed by atoms with Gasteiger partial charge in [-0.25, -0.2) is 0 Å². The summed E-state index contributed by atoms with van der Waals surface area (Å²) in [5.41, 5.74) is 2.83. The summed E-state index contributed by atoms with van der Waals surface area (Å²) in [7, 11) is 1.67. The number of hydrogen-bond acceptors (Lipinski definition) is 3. The van der Waals surface area contributed by atoms with E-state index < -0.39 is 0 Å². The van der Waals surface area contributed by atoms with Crippen molar-refractivity contribution in [3.05, 3.63) is 51.4 Å². The van der Waals surface area contributed by atoms with Crippen LogP contribution in [0.3, 0.4) is 0 Å². The Kier molecular flexibility index (Phi) is 4.10. The third-order valence-corrected chi connectivity index (χ3v) is 5.80. The number of carbonyl (C=O) groups is 1. The van der Waals surface area contributed by atoms with Crippen LogP contribution >= 0.6 is 27.3 Å². The van der Waals surface area contributed by atoms with Crippen LogP contribution in [0.2, 0.25) is 0 Å². The molecular weight excluding hydrogens is 388 g/mol. The van der Waals surface area contributed by atoms with Crippen molar-refractivity contribution in [1.29, 1.82) is 0 Å². The molecule has 2 aromatic heterocycles. The molecule has 1 fully saturated rings. The molecule has 0 bridgehead atoms. The van der Waals surface area contributed by atoms with E-state index in [0.717, 1.165) is 38.2 Å². The zero-order chi connectivity index (χ0) is 16.7. The lowest BCUT2D eigenvalue weighted by atomic mass is 10.2. The quantitative estimate of drug-likeness (QED) is 0.683. The Labute approximate surface area is 152 Å². The molecule has 4 rings (SSSR count). The van der Waals surface area contributed by atoms with E-state index in [1.165, 1.54) is 0 Å². The Hall–Kier alpha value is -1.79. The fraction of sp³-hybridized carbons (Fsp3) is 0.278. The standard InChI is InChI=1S/C18H17BrN2O2S/c1-23-15-5-3-2-4-11(15)10-21-13-9-17(19)24-16(13)8-14(21)18(22)20-12-6-7-12/h2-5,8-9,12H,6-7,10H2,1H3,(H,20,22). The lowest BCUT2D eigenvalue weighted by molar-refractivity contribution is 0.0942. The lowest BCUT2D eigenvalue weighted by Gasteiger charge is -2.13. The Bertz CT molecular complexity index is 911. The van der Waals surface area contributed by atoms with Crippen LogP contribution in [-0.2, 0) is 6.54 Å². The van der Waals surface area contributed by atoms with E-state index >= 15 is 0 Å². The zero-order valence-corrected chi connectivity index (χ0v) is 15.6. The maximum atomic E-state index is 12.6. The average molecular weight is 405 g/mol. The molecule has 1 aliphatic carbocycles. The molecular formula is C18H17BrN2O2S. The molecule has 0 aliphatic heterocycles. The van der Waals surface area contributed by atoms with Crippen LogP contribution in [-0.4, -0.2) is 23.6 Å². The fourth-order valence-corrected chi connectivity index (χ4v) is 4.43. The first kappa shape index (κ1) is 15.7. The second-order valence-electron chi connectivity index (χ2n) is 5.98. The number of halogens is 1. The number of benzene rings is 1. The van der Waals surface area contributed by atoms with E-state index in [1.807, 2.05) is 30.3 Å². The largest absolute Gasteiger partial charge is 0.496 e. The van der Waals surface area contributed by atoms with Gasteiger partial charge in [0.15, 0.2) is 0 Å². The summed E-state index contributed by atoms with van der Waals surface area (Å²) in [4.78, 5) is 12.6. The molecule has 0 saturated heterocycles. The normalized spacial score (nSPS) is 14.1. The number of carbonyl (C=O) groups excluding carboxylic acids is 1. The van der Waals surface area contributed by atoms with Gasteiger partial charge < -0.3 is 14.6 Å². The Morgan fingerprint density at radius 2 is 2.17 bits per heavy atom. The molecule has 0 atom stereocenters. The van der Waals surface area contributed by atoms with Crippen LogP contribution in [0.15, 0.2) is 40.2 Å². The molecule has 1 N–H and O–H groups in total. The smallest absolute Gasteiger partial charge is 0.268 e. The van der Waals surface area contributed by atoms with Crippen molar-refractivity contribution in [3.63, 3.8) is 0 Å². The summed E-state index contributed by atoms with van der Waals surface area (Å²) >= 11 is 5.19. The number of amides is 1. The van der Waals surface area contributed by atoms with Crippen LogP contribution in [0.4, 0.5) is 0 Å². The van der Waals surface area contributed by atoms with Crippen molar-refractivity contribution in [3.8, 4) is 5.75 Å². The van der Waals surface area contributed by atoms with E-state index in [1.54, 1.807) is 18.4 Å². The summed E-state index contributed by atoms with van der Waals surface area (Å²) in [5, 5.41) is 3.09. The number of fused-ring (bicyclic) bond motifs is 1. The van der Waals surface area contributed by atoms with Gasteiger partial charge in [0.1, 0.15) is 11.4 Å². The highest BCUT2D eigenvalue weighted by molar-refractivity contribution is 9.11. The predicted molar refractivity (Wildman–Crippen MR) is 100 cm³/mol. The molecule has 6 heteroatoms. The van der Waals surface area contributed by atoms with E-state index in [0.29, 0.717) is 18.3 Å². The van der Waals surface area contributed by atoms with Crippen molar-refractivity contribution in [2.24, 2.45) is 0 Å². The molecule has 3 aromatic rings. The number of methoxy groups -OCH3 is 1.